The number of hydrogen-bond donors (Lipinski definition) is 0. The molecule has 0 fully saturated rings. The maximum atomic E-state index is 5.19. The van der Waals surface area contributed by atoms with E-state index in [9.17, 15) is 0 Å². The molecule has 0 N–H and O–H groups in total. The number of rotatable bonds is 5. The lowest BCUT2D eigenvalue weighted by Crippen LogP contribution is -2.14. The minimum atomic E-state index is -0.0592. The van der Waals surface area contributed by atoms with Gasteiger partial charge in [-0.1, -0.05) is 184 Å². The van der Waals surface area contributed by atoms with Gasteiger partial charge in [0.1, 0.15) is 0 Å². The summed E-state index contributed by atoms with van der Waals surface area (Å²) in [6.07, 6.45) is 0. The minimum Gasteiger partial charge on any atom is -0.228 e. The molecule has 0 unspecified atom stereocenters. The van der Waals surface area contributed by atoms with E-state index >= 15 is 0 Å². The molecular formula is C55H38N2. The third kappa shape index (κ3) is 5.48. The summed E-state index contributed by atoms with van der Waals surface area (Å²) in [6.45, 7) is 4.67. The summed E-state index contributed by atoms with van der Waals surface area (Å²) in [5.74, 6) is 0.710. The number of fused-ring (bicyclic) bond motifs is 7. The third-order valence-electron chi connectivity index (χ3n) is 12.1. The molecule has 10 aromatic rings. The molecule has 11 rings (SSSR count). The number of nitrogens with zero attached hydrogens (tertiary/aromatic N) is 2. The topological polar surface area (TPSA) is 25.8 Å². The fraction of sp³-hybridized carbons (Fsp3) is 0.0545. The van der Waals surface area contributed by atoms with E-state index in [0.717, 1.165) is 28.1 Å². The van der Waals surface area contributed by atoms with Gasteiger partial charge in [0.25, 0.3) is 0 Å². The molecule has 0 saturated heterocycles. The maximum absolute atomic E-state index is 5.19. The maximum Gasteiger partial charge on any atom is 0.160 e. The molecular weight excluding hydrogens is 689 g/mol. The van der Waals surface area contributed by atoms with Crippen LogP contribution in [0.4, 0.5) is 0 Å². The highest BCUT2D eigenvalue weighted by atomic mass is 14.9. The van der Waals surface area contributed by atoms with Crippen LogP contribution in [0.25, 0.3) is 99.6 Å². The van der Waals surface area contributed by atoms with Crippen LogP contribution in [0.5, 0.6) is 0 Å². The van der Waals surface area contributed by atoms with Gasteiger partial charge in [0, 0.05) is 22.1 Å². The van der Waals surface area contributed by atoms with Gasteiger partial charge < -0.3 is 0 Å². The van der Waals surface area contributed by atoms with Crippen LogP contribution in [0.2, 0.25) is 0 Å². The first kappa shape index (κ1) is 33.2. The van der Waals surface area contributed by atoms with Crippen molar-refractivity contribution in [2.75, 3.05) is 0 Å². The predicted octanol–water partition coefficient (Wildman–Crippen LogP) is 14.6. The summed E-state index contributed by atoms with van der Waals surface area (Å²) in [6, 6.07) is 70.2. The van der Waals surface area contributed by atoms with Gasteiger partial charge in [-0.3, -0.25) is 0 Å². The first-order valence-corrected chi connectivity index (χ1v) is 19.7. The Kier molecular flexibility index (Phi) is 7.55. The summed E-state index contributed by atoms with van der Waals surface area (Å²) in [5, 5.41) is 7.55. The lowest BCUT2D eigenvalue weighted by atomic mass is 9.81. The Hall–Kier alpha value is -7.16. The van der Waals surface area contributed by atoms with E-state index in [4.69, 9.17) is 9.97 Å². The highest BCUT2D eigenvalue weighted by Gasteiger charge is 2.35. The molecule has 0 atom stereocenters. The monoisotopic (exact) mass is 726 g/mol. The van der Waals surface area contributed by atoms with Gasteiger partial charge in [0.05, 0.1) is 11.4 Å². The fourth-order valence-corrected chi connectivity index (χ4v) is 9.14. The van der Waals surface area contributed by atoms with Crippen LogP contribution in [-0.2, 0) is 5.41 Å². The molecule has 1 heterocycles. The van der Waals surface area contributed by atoms with Gasteiger partial charge in [0.15, 0.2) is 5.82 Å². The molecule has 0 saturated carbocycles. The Balaban J connectivity index is 1.02. The molecule has 0 spiro atoms. The van der Waals surface area contributed by atoms with Crippen molar-refractivity contribution in [1.82, 2.24) is 9.97 Å². The average Bonchev–Trinajstić information content (AvgIpc) is 3.51. The second-order valence-electron chi connectivity index (χ2n) is 15.8. The molecule has 0 amide bonds. The minimum absolute atomic E-state index is 0.0592. The Bertz CT molecular complexity index is 3190. The van der Waals surface area contributed by atoms with Crippen molar-refractivity contribution >= 4 is 32.3 Å². The van der Waals surface area contributed by atoms with Crippen LogP contribution < -0.4 is 0 Å². The standard InChI is InChI=1S/C55H38N2/c1-55(2)49-22-11-10-21-45(49)46-29-28-40(33-50(46)55)39-17-12-18-42(31-39)52-34-51(56-54(57-52)38-14-4-3-5-15-38)36-23-25-37(26-24-36)53-44-20-9-7-16-41(44)32-48-43-19-8-6-13-35(43)27-30-47(48)53/h3-34H,1-2H3. The molecule has 1 aliphatic rings. The zero-order chi connectivity index (χ0) is 38.1. The molecule has 1 aromatic heterocycles. The number of benzene rings is 9. The van der Waals surface area contributed by atoms with Crippen molar-refractivity contribution in [1.29, 1.82) is 0 Å². The van der Waals surface area contributed by atoms with E-state index in [1.807, 2.05) is 18.2 Å². The second-order valence-corrected chi connectivity index (χ2v) is 15.8. The summed E-state index contributed by atoms with van der Waals surface area (Å²) < 4.78 is 0. The van der Waals surface area contributed by atoms with Crippen molar-refractivity contribution in [3.63, 3.8) is 0 Å². The third-order valence-corrected chi connectivity index (χ3v) is 12.1. The Morgan fingerprint density at radius 2 is 0.947 bits per heavy atom. The smallest absolute Gasteiger partial charge is 0.160 e. The summed E-state index contributed by atoms with van der Waals surface area (Å²) in [7, 11) is 0. The largest absolute Gasteiger partial charge is 0.228 e. The van der Waals surface area contributed by atoms with E-state index in [1.54, 1.807) is 0 Å². The zero-order valence-electron chi connectivity index (χ0n) is 31.9. The van der Waals surface area contributed by atoms with Gasteiger partial charge in [-0.05, 0) is 101 Å². The SMILES string of the molecule is CC1(C)c2ccccc2-c2ccc(-c3cccc(-c4cc(-c5ccc(-c6c7ccccc7cc7c6ccc6ccccc67)cc5)nc(-c5ccccc5)n4)c3)cc21. The predicted molar refractivity (Wildman–Crippen MR) is 239 cm³/mol. The summed E-state index contributed by atoms with van der Waals surface area (Å²) in [4.78, 5) is 10.4. The van der Waals surface area contributed by atoms with E-state index in [1.165, 1.54) is 76.8 Å². The Morgan fingerprint density at radius 1 is 0.333 bits per heavy atom. The normalized spacial score (nSPS) is 12.9. The number of hydrogen-bond acceptors (Lipinski definition) is 2. The van der Waals surface area contributed by atoms with Gasteiger partial charge in [-0.15, -0.1) is 0 Å². The van der Waals surface area contributed by atoms with Crippen molar-refractivity contribution in [2.24, 2.45) is 0 Å². The van der Waals surface area contributed by atoms with Crippen molar-refractivity contribution in [3.8, 4) is 67.3 Å². The van der Waals surface area contributed by atoms with Crippen molar-refractivity contribution < 1.29 is 0 Å². The van der Waals surface area contributed by atoms with Gasteiger partial charge in [0.2, 0.25) is 0 Å². The molecule has 0 aliphatic heterocycles. The molecule has 268 valence electrons. The highest BCUT2D eigenvalue weighted by Crippen LogP contribution is 2.49. The van der Waals surface area contributed by atoms with E-state index in [-0.39, 0.29) is 5.41 Å². The quantitative estimate of drug-likeness (QED) is 0.130. The van der Waals surface area contributed by atoms with Crippen LogP contribution in [0.1, 0.15) is 25.0 Å². The first-order valence-electron chi connectivity index (χ1n) is 19.7. The molecule has 2 heteroatoms. The average molecular weight is 727 g/mol. The van der Waals surface area contributed by atoms with E-state index in [0.29, 0.717) is 5.82 Å². The summed E-state index contributed by atoms with van der Waals surface area (Å²) >= 11 is 0. The first-order chi connectivity index (χ1) is 28.0. The second kappa shape index (κ2) is 13.0. The van der Waals surface area contributed by atoms with Crippen molar-refractivity contribution in [3.05, 3.63) is 205 Å². The molecule has 57 heavy (non-hydrogen) atoms. The van der Waals surface area contributed by atoms with Gasteiger partial charge >= 0.3 is 0 Å². The molecule has 9 aromatic carbocycles. The lowest BCUT2D eigenvalue weighted by molar-refractivity contribution is 0.660. The number of aromatic nitrogens is 2. The molecule has 1 aliphatic carbocycles. The Labute approximate surface area is 332 Å². The van der Waals surface area contributed by atoms with Crippen LogP contribution in [0, 0.1) is 0 Å². The lowest BCUT2D eigenvalue weighted by Gasteiger charge is -2.22. The van der Waals surface area contributed by atoms with Crippen LogP contribution in [0.15, 0.2) is 194 Å². The highest BCUT2D eigenvalue weighted by molar-refractivity contribution is 6.20. The van der Waals surface area contributed by atoms with Crippen LogP contribution >= 0.6 is 0 Å². The molecule has 0 bridgehead atoms. The zero-order valence-corrected chi connectivity index (χ0v) is 31.9. The summed E-state index contributed by atoms with van der Waals surface area (Å²) in [5.41, 5.74) is 15.1. The van der Waals surface area contributed by atoms with E-state index < -0.39 is 0 Å². The van der Waals surface area contributed by atoms with Gasteiger partial charge in [-0.25, -0.2) is 9.97 Å². The van der Waals surface area contributed by atoms with E-state index in [2.05, 4.69) is 190 Å². The van der Waals surface area contributed by atoms with Crippen LogP contribution in [-0.4, -0.2) is 9.97 Å². The van der Waals surface area contributed by atoms with Gasteiger partial charge in [-0.2, -0.15) is 0 Å². The fourth-order valence-electron chi connectivity index (χ4n) is 9.14. The van der Waals surface area contributed by atoms with Crippen LogP contribution in [0.3, 0.4) is 0 Å². The molecule has 0 radical (unpaired) electrons. The van der Waals surface area contributed by atoms with Crippen molar-refractivity contribution in [2.45, 2.75) is 19.3 Å². The molecule has 2 nitrogen and oxygen atoms in total. The Morgan fingerprint density at radius 3 is 1.79 bits per heavy atom.